The Balaban J connectivity index is 0.000000461. The molecule has 0 bridgehead atoms. The van der Waals surface area contributed by atoms with Crippen LogP contribution in [0.5, 0.6) is 0 Å². The summed E-state index contributed by atoms with van der Waals surface area (Å²) < 4.78 is 0. The SMILES string of the molecule is CC.O=Cc1ccc(P)cc1. The van der Waals surface area contributed by atoms with E-state index in [9.17, 15) is 4.79 Å². The highest BCUT2D eigenvalue weighted by Gasteiger charge is 1.85. The minimum absolute atomic E-state index is 0.723. The van der Waals surface area contributed by atoms with Gasteiger partial charge in [-0.25, -0.2) is 0 Å². The van der Waals surface area contributed by atoms with Gasteiger partial charge in [-0.2, -0.15) is 0 Å². The Bertz CT molecular complexity index is 203. The monoisotopic (exact) mass is 168 g/mol. The molecule has 0 aromatic heterocycles. The Kier molecular flexibility index (Phi) is 5.68. The van der Waals surface area contributed by atoms with Crippen molar-refractivity contribution in [1.82, 2.24) is 0 Å². The van der Waals surface area contributed by atoms with Crippen LogP contribution in [0.2, 0.25) is 0 Å². The smallest absolute Gasteiger partial charge is 0.150 e. The average Bonchev–Trinajstić information content (AvgIpc) is 2.10. The molecule has 0 amide bonds. The zero-order valence-electron chi connectivity index (χ0n) is 6.87. The van der Waals surface area contributed by atoms with Gasteiger partial charge in [0.2, 0.25) is 0 Å². The molecule has 0 heterocycles. The topological polar surface area (TPSA) is 17.1 Å². The first kappa shape index (κ1) is 10.3. The van der Waals surface area contributed by atoms with Crippen molar-refractivity contribution >= 4 is 20.8 Å². The van der Waals surface area contributed by atoms with E-state index in [1.807, 2.05) is 26.0 Å². The molecule has 0 saturated heterocycles. The van der Waals surface area contributed by atoms with Crippen LogP contribution in [0.15, 0.2) is 24.3 Å². The molecule has 1 nitrogen and oxygen atoms in total. The van der Waals surface area contributed by atoms with Crippen molar-refractivity contribution in [3.8, 4) is 0 Å². The molecule has 0 aliphatic heterocycles. The molecule has 60 valence electrons. The van der Waals surface area contributed by atoms with E-state index >= 15 is 0 Å². The second-order valence-electron chi connectivity index (χ2n) is 1.78. The van der Waals surface area contributed by atoms with E-state index in [1.165, 1.54) is 0 Å². The van der Waals surface area contributed by atoms with Gasteiger partial charge in [0.25, 0.3) is 0 Å². The highest BCUT2D eigenvalue weighted by molar-refractivity contribution is 7.27. The number of hydrogen-bond donors (Lipinski definition) is 0. The van der Waals surface area contributed by atoms with Gasteiger partial charge < -0.3 is 0 Å². The van der Waals surface area contributed by atoms with Crippen LogP contribution in [-0.2, 0) is 0 Å². The van der Waals surface area contributed by atoms with Gasteiger partial charge in [-0.1, -0.05) is 38.1 Å². The Morgan fingerprint density at radius 2 is 1.64 bits per heavy atom. The van der Waals surface area contributed by atoms with Crippen LogP contribution in [0.1, 0.15) is 24.2 Å². The summed E-state index contributed by atoms with van der Waals surface area (Å²) in [4.78, 5) is 10.1. The molecule has 0 aliphatic carbocycles. The second kappa shape index (κ2) is 6.06. The van der Waals surface area contributed by atoms with Crippen molar-refractivity contribution in [2.45, 2.75) is 13.8 Å². The molecular weight excluding hydrogens is 155 g/mol. The maximum Gasteiger partial charge on any atom is 0.150 e. The van der Waals surface area contributed by atoms with Crippen molar-refractivity contribution < 1.29 is 4.79 Å². The molecule has 11 heavy (non-hydrogen) atoms. The standard InChI is InChI=1S/C7H7OP.C2H6/c8-5-6-1-3-7(9)4-2-6;1-2/h1-5H,9H2;1-2H3. The number of rotatable bonds is 1. The fourth-order valence-electron chi connectivity index (χ4n) is 0.575. The van der Waals surface area contributed by atoms with Crippen molar-refractivity contribution in [2.24, 2.45) is 0 Å². The quantitative estimate of drug-likeness (QED) is 0.463. The molecule has 0 spiro atoms. The summed E-state index contributed by atoms with van der Waals surface area (Å²) in [5.74, 6) is 0. The summed E-state index contributed by atoms with van der Waals surface area (Å²) in [5.41, 5.74) is 0.723. The van der Waals surface area contributed by atoms with Crippen LogP contribution in [0.3, 0.4) is 0 Å². The van der Waals surface area contributed by atoms with Crippen molar-refractivity contribution in [2.75, 3.05) is 0 Å². The predicted octanol–water partition coefficient (Wildman–Crippen LogP) is 2.03. The minimum atomic E-state index is 0.723. The Hall–Kier alpha value is -0.680. The largest absolute Gasteiger partial charge is 0.298 e. The molecule has 0 fully saturated rings. The lowest BCUT2D eigenvalue weighted by Crippen LogP contribution is -1.88. The molecule has 0 radical (unpaired) electrons. The fourth-order valence-corrected chi connectivity index (χ4v) is 0.767. The predicted molar refractivity (Wildman–Crippen MR) is 52.5 cm³/mol. The molecule has 1 rings (SSSR count). The summed E-state index contributed by atoms with van der Waals surface area (Å²) >= 11 is 0. The first-order valence-electron chi connectivity index (χ1n) is 3.63. The molecule has 0 saturated carbocycles. The van der Waals surface area contributed by atoms with E-state index in [0.717, 1.165) is 17.2 Å². The summed E-state index contributed by atoms with van der Waals surface area (Å²) in [6.07, 6.45) is 0.837. The Morgan fingerprint density at radius 1 is 1.18 bits per heavy atom. The zero-order valence-corrected chi connectivity index (χ0v) is 8.03. The Morgan fingerprint density at radius 3 is 2.00 bits per heavy atom. The molecule has 1 aromatic carbocycles. The van der Waals surface area contributed by atoms with Gasteiger partial charge in [0.1, 0.15) is 6.29 Å². The molecule has 1 atom stereocenters. The lowest BCUT2D eigenvalue weighted by molar-refractivity contribution is 0.112. The zero-order chi connectivity index (χ0) is 8.69. The Labute approximate surface area is 70.0 Å². The van der Waals surface area contributed by atoms with Crippen molar-refractivity contribution in [3.05, 3.63) is 29.8 Å². The van der Waals surface area contributed by atoms with Gasteiger partial charge in [0.05, 0.1) is 0 Å². The van der Waals surface area contributed by atoms with Gasteiger partial charge in [-0.05, 0) is 5.30 Å². The third-order valence-corrected chi connectivity index (χ3v) is 1.46. The lowest BCUT2D eigenvalue weighted by Gasteiger charge is -1.89. The third-order valence-electron chi connectivity index (χ3n) is 1.07. The first-order chi connectivity index (χ1) is 5.33. The van der Waals surface area contributed by atoms with Crippen LogP contribution >= 0.6 is 9.24 Å². The van der Waals surface area contributed by atoms with Crippen LogP contribution in [0.4, 0.5) is 0 Å². The third kappa shape index (κ3) is 3.90. The average molecular weight is 168 g/mol. The van der Waals surface area contributed by atoms with E-state index in [0.29, 0.717) is 0 Å². The van der Waals surface area contributed by atoms with Crippen LogP contribution in [-0.4, -0.2) is 6.29 Å². The van der Waals surface area contributed by atoms with E-state index in [1.54, 1.807) is 12.1 Å². The first-order valence-corrected chi connectivity index (χ1v) is 4.21. The molecule has 1 aromatic rings. The van der Waals surface area contributed by atoms with E-state index < -0.39 is 0 Å². The van der Waals surface area contributed by atoms with Crippen molar-refractivity contribution in [1.29, 1.82) is 0 Å². The van der Waals surface area contributed by atoms with Gasteiger partial charge in [-0.3, -0.25) is 4.79 Å². The van der Waals surface area contributed by atoms with Gasteiger partial charge in [-0.15, -0.1) is 9.24 Å². The summed E-state index contributed by atoms with van der Waals surface area (Å²) in [7, 11) is 2.56. The van der Waals surface area contributed by atoms with Gasteiger partial charge >= 0.3 is 0 Å². The van der Waals surface area contributed by atoms with Crippen LogP contribution in [0.25, 0.3) is 0 Å². The molecule has 1 unspecified atom stereocenters. The minimum Gasteiger partial charge on any atom is -0.298 e. The number of benzene rings is 1. The molecule has 2 heteroatoms. The molecule has 0 aliphatic rings. The summed E-state index contributed by atoms with van der Waals surface area (Å²) in [5, 5.41) is 1.10. The number of carbonyl (C=O) groups is 1. The second-order valence-corrected chi connectivity index (χ2v) is 2.45. The van der Waals surface area contributed by atoms with E-state index in [-0.39, 0.29) is 0 Å². The highest BCUT2D eigenvalue weighted by atomic mass is 31.0. The number of aldehydes is 1. The summed E-state index contributed by atoms with van der Waals surface area (Å²) in [6, 6.07) is 7.34. The normalized spacial score (nSPS) is 7.91. The molecular formula is C9H13OP. The number of hydrogen-bond acceptors (Lipinski definition) is 1. The lowest BCUT2D eigenvalue weighted by atomic mass is 10.2. The van der Waals surface area contributed by atoms with E-state index in [2.05, 4.69) is 9.24 Å². The van der Waals surface area contributed by atoms with E-state index in [4.69, 9.17) is 0 Å². The van der Waals surface area contributed by atoms with Gasteiger partial charge in [0.15, 0.2) is 0 Å². The van der Waals surface area contributed by atoms with Gasteiger partial charge in [0, 0.05) is 5.56 Å². The summed E-state index contributed by atoms with van der Waals surface area (Å²) in [6.45, 7) is 4.00. The number of carbonyl (C=O) groups excluding carboxylic acids is 1. The van der Waals surface area contributed by atoms with Crippen molar-refractivity contribution in [3.63, 3.8) is 0 Å². The fraction of sp³-hybridized carbons (Fsp3) is 0.222. The maximum absolute atomic E-state index is 10.1. The maximum atomic E-state index is 10.1. The molecule has 0 N–H and O–H groups in total. The van der Waals surface area contributed by atoms with Crippen LogP contribution in [0, 0.1) is 0 Å². The highest BCUT2D eigenvalue weighted by Crippen LogP contribution is 1.94. The van der Waals surface area contributed by atoms with Crippen LogP contribution < -0.4 is 5.30 Å².